The van der Waals surface area contributed by atoms with E-state index < -0.39 is 21.5 Å². The first kappa shape index (κ1) is 30.0. The number of carbonyl (C=O) groups excluding carboxylic acids is 1. The third-order valence-electron chi connectivity index (χ3n) is 9.47. The Balaban J connectivity index is 1.31. The van der Waals surface area contributed by atoms with Gasteiger partial charge >= 0.3 is 0 Å². The number of nitrogens with zero attached hydrogens (tertiary/aromatic N) is 4. The SMILES string of the molecule is CC(C)N([C@H]1CCC2=Cc3c(cnn3-c3ccc(F)cc3)C[C@]2(C(=O)c2ccc(C3CC3)cn2)C1)S(=O)(=O)c1ccc(Cl)cc1. The number of hydrogen-bond donors (Lipinski definition) is 0. The quantitative estimate of drug-likeness (QED) is 0.187. The van der Waals surface area contributed by atoms with Crippen molar-refractivity contribution in [2.45, 2.75) is 75.3 Å². The van der Waals surface area contributed by atoms with E-state index in [4.69, 9.17) is 11.6 Å². The topological polar surface area (TPSA) is 85.2 Å². The number of carbonyl (C=O) groups is 1. The number of sulfonamides is 1. The van der Waals surface area contributed by atoms with E-state index in [0.29, 0.717) is 42.3 Å². The van der Waals surface area contributed by atoms with E-state index >= 15 is 0 Å². The van der Waals surface area contributed by atoms with Crippen molar-refractivity contribution in [1.82, 2.24) is 19.1 Å². The summed E-state index contributed by atoms with van der Waals surface area (Å²) in [5.41, 5.74) is 3.93. The fourth-order valence-electron chi connectivity index (χ4n) is 7.16. The molecule has 2 atom stereocenters. The molecule has 3 aliphatic carbocycles. The van der Waals surface area contributed by atoms with Crippen LogP contribution in [0.4, 0.5) is 4.39 Å². The number of pyridine rings is 1. The van der Waals surface area contributed by atoms with Gasteiger partial charge in [0.2, 0.25) is 10.0 Å². The summed E-state index contributed by atoms with van der Waals surface area (Å²) in [7, 11) is -3.89. The van der Waals surface area contributed by atoms with E-state index in [2.05, 4.69) is 10.1 Å². The van der Waals surface area contributed by atoms with Crippen LogP contribution in [0.2, 0.25) is 5.02 Å². The van der Waals surface area contributed by atoms with Crippen molar-refractivity contribution in [3.05, 3.63) is 112 Å². The molecule has 2 aromatic carbocycles. The van der Waals surface area contributed by atoms with Gasteiger partial charge < -0.3 is 0 Å². The first-order valence-electron chi connectivity index (χ1n) is 15.4. The Labute approximate surface area is 267 Å². The van der Waals surface area contributed by atoms with Gasteiger partial charge in [-0.15, -0.1) is 0 Å². The molecule has 10 heteroatoms. The molecule has 2 saturated carbocycles. The maximum Gasteiger partial charge on any atom is 0.243 e. The number of ketones is 1. The second-order valence-electron chi connectivity index (χ2n) is 12.7. The molecule has 3 aliphatic rings. The van der Waals surface area contributed by atoms with E-state index in [-0.39, 0.29) is 22.5 Å². The highest BCUT2D eigenvalue weighted by Gasteiger charge is 2.52. The van der Waals surface area contributed by atoms with Crippen LogP contribution in [0.3, 0.4) is 0 Å². The first-order valence-corrected chi connectivity index (χ1v) is 17.2. The minimum absolute atomic E-state index is 0.103. The smallest absolute Gasteiger partial charge is 0.243 e. The standard InChI is InChI=1S/C35H34ClFN4O3S/c1-22(2)41(45(43,44)31-14-7-27(36)8-15-31)30-11-6-26-17-33-25(21-39-40(33)29-12-9-28(37)10-13-29)18-35(26,19-30)34(42)32-16-5-24(20-38-32)23-3-4-23/h5,7-10,12-17,20-23,30H,3-4,6,11,18-19H2,1-2H3/t30-,35-/m0/s1. The summed E-state index contributed by atoms with van der Waals surface area (Å²) < 4.78 is 45.3. The molecular weight excluding hydrogens is 611 g/mol. The number of rotatable bonds is 8. The number of Topliss-reactive ketones (excluding diaryl/α,β-unsaturated/α-hetero) is 1. The lowest BCUT2D eigenvalue weighted by molar-refractivity contribution is 0.0722. The second-order valence-corrected chi connectivity index (χ2v) is 15.0. The average molecular weight is 645 g/mol. The third kappa shape index (κ3) is 5.34. The summed E-state index contributed by atoms with van der Waals surface area (Å²) in [5, 5.41) is 5.09. The monoisotopic (exact) mass is 644 g/mol. The van der Waals surface area contributed by atoms with Crippen LogP contribution in [0.5, 0.6) is 0 Å². The Morgan fingerprint density at radius 2 is 1.76 bits per heavy atom. The van der Waals surface area contributed by atoms with E-state index in [1.165, 1.54) is 24.3 Å². The molecular formula is C35H34ClFN4O3S. The molecule has 2 heterocycles. The van der Waals surface area contributed by atoms with Crippen LogP contribution < -0.4 is 0 Å². The minimum Gasteiger partial charge on any atom is -0.291 e. The zero-order valence-corrected chi connectivity index (χ0v) is 26.7. The maximum atomic E-state index is 14.7. The maximum absolute atomic E-state index is 14.7. The molecule has 0 spiro atoms. The van der Waals surface area contributed by atoms with E-state index in [0.717, 1.165) is 40.9 Å². The number of benzene rings is 2. The third-order valence-corrected chi connectivity index (χ3v) is 11.9. The Kier molecular flexibility index (Phi) is 7.54. The van der Waals surface area contributed by atoms with Gasteiger partial charge in [0.1, 0.15) is 11.5 Å². The predicted molar refractivity (Wildman–Crippen MR) is 171 cm³/mol. The van der Waals surface area contributed by atoms with Gasteiger partial charge in [-0.2, -0.15) is 9.40 Å². The van der Waals surface area contributed by atoms with E-state index in [1.54, 1.807) is 39.4 Å². The summed E-state index contributed by atoms with van der Waals surface area (Å²) >= 11 is 6.08. The first-order chi connectivity index (χ1) is 21.6. The molecule has 0 N–H and O–H groups in total. The van der Waals surface area contributed by atoms with Crippen LogP contribution in [-0.4, -0.2) is 45.4 Å². The van der Waals surface area contributed by atoms with Gasteiger partial charge in [-0.1, -0.05) is 23.2 Å². The van der Waals surface area contributed by atoms with E-state index in [1.807, 2.05) is 38.3 Å². The zero-order valence-electron chi connectivity index (χ0n) is 25.2. The molecule has 0 unspecified atom stereocenters. The second kappa shape index (κ2) is 11.3. The molecule has 0 aliphatic heterocycles. The van der Waals surface area contributed by atoms with Crippen LogP contribution in [-0.2, 0) is 16.4 Å². The average Bonchev–Trinajstić information content (AvgIpc) is 3.80. The van der Waals surface area contributed by atoms with Crippen molar-refractivity contribution in [2.24, 2.45) is 5.41 Å². The lowest BCUT2D eigenvalue weighted by Gasteiger charge is -2.47. The highest BCUT2D eigenvalue weighted by molar-refractivity contribution is 7.89. The number of fused-ring (bicyclic) bond motifs is 2. The predicted octanol–water partition coefficient (Wildman–Crippen LogP) is 7.40. The molecule has 4 aromatic rings. The van der Waals surface area contributed by atoms with Gasteiger partial charge in [0.25, 0.3) is 0 Å². The number of aromatic nitrogens is 3. The zero-order chi connectivity index (χ0) is 31.5. The van der Waals surface area contributed by atoms with Gasteiger partial charge in [0.15, 0.2) is 5.78 Å². The largest absolute Gasteiger partial charge is 0.291 e. The van der Waals surface area contributed by atoms with E-state index in [9.17, 15) is 17.6 Å². The molecule has 45 heavy (non-hydrogen) atoms. The molecule has 7 nitrogen and oxygen atoms in total. The van der Waals surface area contributed by atoms with Gasteiger partial charge in [-0.25, -0.2) is 17.5 Å². The summed E-state index contributed by atoms with van der Waals surface area (Å²) in [6, 6.07) is 15.4. The van der Waals surface area contributed by atoms with Crippen LogP contribution in [0.25, 0.3) is 11.8 Å². The fourth-order valence-corrected chi connectivity index (χ4v) is 9.13. The molecule has 0 bridgehead atoms. The summed E-state index contributed by atoms with van der Waals surface area (Å²) in [6.45, 7) is 3.74. The van der Waals surface area contributed by atoms with Gasteiger partial charge in [-0.3, -0.25) is 9.78 Å². The molecule has 232 valence electrons. The molecule has 7 rings (SSSR count). The molecule has 0 amide bonds. The summed E-state index contributed by atoms with van der Waals surface area (Å²) in [6.07, 6.45) is 9.66. The van der Waals surface area contributed by atoms with Crippen molar-refractivity contribution in [2.75, 3.05) is 0 Å². The van der Waals surface area contributed by atoms with Crippen molar-refractivity contribution >= 4 is 33.5 Å². The Bertz CT molecular complexity index is 1900. The van der Waals surface area contributed by atoms with Crippen molar-refractivity contribution in [3.63, 3.8) is 0 Å². The summed E-state index contributed by atoms with van der Waals surface area (Å²) in [5.74, 6) is 0.0830. The number of hydrogen-bond acceptors (Lipinski definition) is 5. The van der Waals surface area contributed by atoms with Crippen LogP contribution in [0.15, 0.2) is 83.5 Å². The Hall–Kier alpha value is -3.66. The van der Waals surface area contributed by atoms with Crippen LogP contribution in [0.1, 0.15) is 79.2 Å². The van der Waals surface area contributed by atoms with Crippen molar-refractivity contribution in [3.8, 4) is 5.69 Å². The Morgan fingerprint density at radius 3 is 2.40 bits per heavy atom. The minimum atomic E-state index is -3.89. The van der Waals surface area contributed by atoms with Gasteiger partial charge in [0, 0.05) is 23.3 Å². The fraction of sp³-hybridized carbons (Fsp3) is 0.343. The number of allylic oxidation sites excluding steroid dienone is 1. The van der Waals surface area contributed by atoms with Gasteiger partial charge in [-0.05, 0) is 130 Å². The summed E-state index contributed by atoms with van der Waals surface area (Å²) in [4.78, 5) is 19.5. The molecule has 0 radical (unpaired) electrons. The Morgan fingerprint density at radius 1 is 1.02 bits per heavy atom. The number of halogens is 2. The highest BCUT2D eigenvalue weighted by Crippen LogP contribution is 2.52. The lowest BCUT2D eigenvalue weighted by atomic mass is 9.60. The lowest BCUT2D eigenvalue weighted by Crippen LogP contribution is -2.52. The van der Waals surface area contributed by atoms with Crippen LogP contribution in [0, 0.1) is 11.2 Å². The molecule has 2 aromatic heterocycles. The van der Waals surface area contributed by atoms with Crippen molar-refractivity contribution in [1.29, 1.82) is 0 Å². The van der Waals surface area contributed by atoms with Gasteiger partial charge in [0.05, 0.1) is 27.9 Å². The molecule has 0 saturated heterocycles. The van der Waals surface area contributed by atoms with Crippen molar-refractivity contribution < 1.29 is 17.6 Å². The van der Waals surface area contributed by atoms with Crippen LogP contribution >= 0.6 is 11.6 Å². The molecule has 2 fully saturated rings. The normalized spacial score (nSPS) is 21.4. The highest BCUT2D eigenvalue weighted by atomic mass is 35.5.